The van der Waals surface area contributed by atoms with Crippen LogP contribution < -0.4 is 10.2 Å². The molecule has 5 heteroatoms. The van der Waals surface area contributed by atoms with Crippen molar-refractivity contribution in [3.05, 3.63) is 53.5 Å². The van der Waals surface area contributed by atoms with Crippen molar-refractivity contribution in [3.8, 4) is 0 Å². The van der Waals surface area contributed by atoms with Crippen molar-refractivity contribution in [1.29, 1.82) is 0 Å². The number of hydrogen-bond donors (Lipinski definition) is 1. The number of nitrogens with zero attached hydrogens (tertiary/aromatic N) is 1. The van der Waals surface area contributed by atoms with E-state index in [0.29, 0.717) is 23.8 Å². The highest BCUT2D eigenvalue weighted by Gasteiger charge is 2.26. The van der Waals surface area contributed by atoms with Crippen LogP contribution in [0.4, 0.5) is 5.69 Å². The fourth-order valence-corrected chi connectivity index (χ4v) is 3.00. The smallest absolute Gasteiger partial charge is 0.255 e. The molecule has 0 radical (unpaired) electrons. The first kappa shape index (κ1) is 15.3. The lowest BCUT2D eigenvalue weighted by atomic mass is 9.94. The first-order chi connectivity index (χ1) is 11.1. The lowest BCUT2D eigenvalue weighted by Gasteiger charge is -2.33. The zero-order valence-electron chi connectivity index (χ0n) is 13.3. The van der Waals surface area contributed by atoms with Crippen molar-refractivity contribution in [1.82, 2.24) is 5.32 Å². The van der Waals surface area contributed by atoms with Gasteiger partial charge in [0, 0.05) is 12.2 Å². The van der Waals surface area contributed by atoms with Gasteiger partial charge in [-0.2, -0.15) is 0 Å². The number of carbonyl (C=O) groups excluding carboxylic acids is 2. The maximum Gasteiger partial charge on any atom is 0.255 e. The molecule has 5 nitrogen and oxygen atoms in total. The molecule has 1 N–H and O–H groups in total. The first-order valence-corrected chi connectivity index (χ1v) is 7.77. The highest BCUT2D eigenvalue weighted by molar-refractivity contribution is 6.01. The number of anilines is 1. The van der Waals surface area contributed by atoms with Crippen molar-refractivity contribution < 1.29 is 14.0 Å². The van der Waals surface area contributed by atoms with Gasteiger partial charge < -0.3 is 14.6 Å². The molecule has 1 aliphatic rings. The molecule has 0 saturated carbocycles. The zero-order chi connectivity index (χ0) is 16.4. The van der Waals surface area contributed by atoms with Gasteiger partial charge in [-0.05, 0) is 37.0 Å². The Balaban J connectivity index is 1.69. The highest BCUT2D eigenvalue weighted by atomic mass is 16.3. The number of para-hydroxylation sites is 1. The third-order valence-electron chi connectivity index (χ3n) is 4.15. The molecule has 23 heavy (non-hydrogen) atoms. The van der Waals surface area contributed by atoms with Gasteiger partial charge in [-0.15, -0.1) is 0 Å². The molecule has 0 saturated heterocycles. The second-order valence-corrected chi connectivity index (χ2v) is 6.02. The van der Waals surface area contributed by atoms with E-state index in [0.717, 1.165) is 12.1 Å². The van der Waals surface area contributed by atoms with Gasteiger partial charge >= 0.3 is 0 Å². The van der Waals surface area contributed by atoms with Gasteiger partial charge in [0.1, 0.15) is 5.76 Å². The summed E-state index contributed by atoms with van der Waals surface area (Å²) in [5.74, 6) is 0.564. The monoisotopic (exact) mass is 312 g/mol. The van der Waals surface area contributed by atoms with E-state index in [1.165, 1.54) is 11.8 Å². The van der Waals surface area contributed by atoms with Crippen molar-refractivity contribution in [2.75, 3.05) is 18.0 Å². The summed E-state index contributed by atoms with van der Waals surface area (Å²) in [5, 5.41) is 2.68. The fourth-order valence-electron chi connectivity index (χ4n) is 3.00. The molecule has 2 aromatic rings. The summed E-state index contributed by atoms with van der Waals surface area (Å²) < 4.78 is 5.11. The third kappa shape index (κ3) is 3.13. The number of rotatable bonds is 3. The van der Waals surface area contributed by atoms with Gasteiger partial charge in [-0.25, -0.2) is 0 Å². The Morgan fingerprint density at radius 1 is 1.30 bits per heavy atom. The summed E-state index contributed by atoms with van der Waals surface area (Å²) in [6, 6.07) is 9.54. The largest absolute Gasteiger partial charge is 0.469 e. The van der Waals surface area contributed by atoms with Gasteiger partial charge in [0.2, 0.25) is 5.91 Å². The minimum atomic E-state index is -0.289. The lowest BCUT2D eigenvalue weighted by molar-refractivity contribution is -0.117. The summed E-state index contributed by atoms with van der Waals surface area (Å²) in [5.41, 5.74) is 2.59. The van der Waals surface area contributed by atoms with Gasteiger partial charge in [0.05, 0.1) is 18.4 Å². The molecule has 0 aliphatic carbocycles. The molecule has 2 heterocycles. The quantitative estimate of drug-likeness (QED) is 0.947. The Bertz CT molecular complexity index is 735. The Hall–Kier alpha value is -2.56. The molecule has 0 bridgehead atoms. The Morgan fingerprint density at radius 2 is 2.09 bits per heavy atom. The van der Waals surface area contributed by atoms with E-state index in [1.54, 1.807) is 17.9 Å². The van der Waals surface area contributed by atoms with Crippen LogP contribution in [-0.2, 0) is 11.2 Å². The van der Waals surface area contributed by atoms with Gasteiger partial charge in [-0.3, -0.25) is 9.59 Å². The number of fused-ring (bicyclic) bond motifs is 1. The maximum atomic E-state index is 12.6. The Labute approximate surface area is 135 Å². The number of aryl methyl sites for hydroxylation is 1. The number of nitrogens with one attached hydrogen (secondary N) is 1. The standard InChI is InChI=1S/C18H20N2O3/c1-12-9-14-5-3-4-6-16(14)20(11-12)17(21)10-19-18(22)15-7-8-23-13(15)2/h3-8,12H,9-11H2,1-2H3,(H,19,22)/t12-/m1/s1. The molecular weight excluding hydrogens is 292 g/mol. The molecule has 0 fully saturated rings. The third-order valence-corrected chi connectivity index (χ3v) is 4.15. The van der Waals surface area contributed by atoms with E-state index in [-0.39, 0.29) is 18.4 Å². The van der Waals surface area contributed by atoms with Crippen LogP contribution in [-0.4, -0.2) is 24.9 Å². The number of benzene rings is 1. The number of carbonyl (C=O) groups is 2. The van der Waals surface area contributed by atoms with Crippen LogP contribution in [0.1, 0.15) is 28.6 Å². The van der Waals surface area contributed by atoms with E-state index in [1.807, 2.05) is 18.2 Å². The lowest BCUT2D eigenvalue weighted by Crippen LogP contribution is -2.44. The van der Waals surface area contributed by atoms with Crippen LogP contribution >= 0.6 is 0 Å². The van der Waals surface area contributed by atoms with Crippen LogP contribution in [0, 0.1) is 12.8 Å². The second-order valence-electron chi connectivity index (χ2n) is 6.02. The van der Waals surface area contributed by atoms with Gasteiger partial charge in [-0.1, -0.05) is 25.1 Å². The molecular formula is C18H20N2O3. The molecule has 1 aromatic carbocycles. The molecule has 120 valence electrons. The maximum absolute atomic E-state index is 12.6. The van der Waals surface area contributed by atoms with Crippen LogP contribution in [0.3, 0.4) is 0 Å². The van der Waals surface area contributed by atoms with E-state index in [2.05, 4.69) is 18.3 Å². The summed E-state index contributed by atoms with van der Waals surface area (Å²) in [7, 11) is 0. The van der Waals surface area contributed by atoms with E-state index < -0.39 is 0 Å². The van der Waals surface area contributed by atoms with Crippen molar-refractivity contribution in [2.24, 2.45) is 5.92 Å². The van der Waals surface area contributed by atoms with E-state index >= 15 is 0 Å². The normalized spacial score (nSPS) is 16.8. The van der Waals surface area contributed by atoms with Crippen molar-refractivity contribution in [2.45, 2.75) is 20.3 Å². The minimum Gasteiger partial charge on any atom is -0.469 e. The second kappa shape index (κ2) is 6.28. The first-order valence-electron chi connectivity index (χ1n) is 7.77. The van der Waals surface area contributed by atoms with E-state index in [4.69, 9.17) is 4.42 Å². The van der Waals surface area contributed by atoms with Crippen molar-refractivity contribution >= 4 is 17.5 Å². The van der Waals surface area contributed by atoms with Crippen LogP contribution in [0.25, 0.3) is 0 Å². The molecule has 0 spiro atoms. The predicted octanol–water partition coefficient (Wildman–Crippen LogP) is 2.54. The van der Waals surface area contributed by atoms with Crippen molar-refractivity contribution in [3.63, 3.8) is 0 Å². The summed E-state index contributed by atoms with van der Waals surface area (Å²) in [6.07, 6.45) is 2.44. The Morgan fingerprint density at radius 3 is 2.83 bits per heavy atom. The van der Waals surface area contributed by atoms with Crippen LogP contribution in [0.2, 0.25) is 0 Å². The summed E-state index contributed by atoms with van der Waals surface area (Å²) in [4.78, 5) is 26.4. The number of hydrogen-bond acceptors (Lipinski definition) is 3. The predicted molar refractivity (Wildman–Crippen MR) is 87.4 cm³/mol. The van der Waals surface area contributed by atoms with Crippen LogP contribution in [0.5, 0.6) is 0 Å². The summed E-state index contributed by atoms with van der Waals surface area (Å²) >= 11 is 0. The van der Waals surface area contributed by atoms with Gasteiger partial charge in [0.25, 0.3) is 5.91 Å². The zero-order valence-corrected chi connectivity index (χ0v) is 13.3. The molecule has 3 rings (SSSR count). The van der Waals surface area contributed by atoms with Gasteiger partial charge in [0.15, 0.2) is 0 Å². The van der Waals surface area contributed by atoms with E-state index in [9.17, 15) is 9.59 Å². The molecule has 1 aromatic heterocycles. The average molecular weight is 312 g/mol. The summed E-state index contributed by atoms with van der Waals surface area (Å²) in [6.45, 7) is 4.50. The fraction of sp³-hybridized carbons (Fsp3) is 0.333. The highest BCUT2D eigenvalue weighted by Crippen LogP contribution is 2.29. The SMILES string of the molecule is Cc1occc1C(=O)NCC(=O)N1C[C@H](C)Cc2ccccc21. The molecule has 2 amide bonds. The molecule has 0 unspecified atom stereocenters. The number of furan rings is 1. The molecule has 1 aliphatic heterocycles. The number of amides is 2. The minimum absolute atomic E-state index is 0.0233. The Kier molecular flexibility index (Phi) is 4.19. The van der Waals surface area contributed by atoms with Crippen LogP contribution in [0.15, 0.2) is 41.0 Å². The molecule has 1 atom stereocenters. The topological polar surface area (TPSA) is 62.6 Å². The average Bonchev–Trinajstić information content (AvgIpc) is 2.97.